The Balaban J connectivity index is 2.46. The average molecular weight is 383 g/mol. The molecule has 0 aliphatic carbocycles. The Kier molecular flexibility index (Phi) is 4.89. The van der Waals surface area contributed by atoms with Gasteiger partial charge in [-0.1, -0.05) is 0 Å². The van der Waals surface area contributed by atoms with Crippen molar-refractivity contribution >= 4 is 31.6 Å². The molecule has 1 aromatic rings. The van der Waals surface area contributed by atoms with E-state index in [1.807, 2.05) is 0 Å². The maximum Gasteiger partial charge on any atom is 0.246 e. The van der Waals surface area contributed by atoms with Gasteiger partial charge < -0.3 is 15.6 Å². The van der Waals surface area contributed by atoms with Gasteiger partial charge in [0.05, 0.1) is 23.8 Å². The first kappa shape index (κ1) is 16.6. The van der Waals surface area contributed by atoms with E-state index in [1.165, 1.54) is 6.07 Å². The lowest BCUT2D eigenvalue weighted by atomic mass is 10.2. The van der Waals surface area contributed by atoms with Crippen molar-refractivity contribution in [2.75, 3.05) is 25.5 Å². The van der Waals surface area contributed by atoms with E-state index in [0.717, 1.165) is 10.4 Å². The maximum atomic E-state index is 14.1. The second kappa shape index (κ2) is 6.17. The largest absolute Gasteiger partial charge is 0.399 e. The van der Waals surface area contributed by atoms with E-state index < -0.39 is 32.9 Å². The molecule has 0 amide bonds. The summed E-state index contributed by atoms with van der Waals surface area (Å²) in [5.74, 6) is -0.886. The summed E-state index contributed by atoms with van der Waals surface area (Å²) in [5.41, 5.74) is 5.74. The predicted octanol–water partition coefficient (Wildman–Crippen LogP) is 0.941. The van der Waals surface area contributed by atoms with E-state index in [-0.39, 0.29) is 29.9 Å². The quantitative estimate of drug-likeness (QED) is 0.758. The monoisotopic (exact) mass is 382 g/mol. The van der Waals surface area contributed by atoms with Crippen LogP contribution >= 0.6 is 15.9 Å². The predicted molar refractivity (Wildman–Crippen MR) is 78.7 cm³/mol. The van der Waals surface area contributed by atoms with E-state index >= 15 is 0 Å². The van der Waals surface area contributed by atoms with Crippen LogP contribution in [0, 0.1) is 5.82 Å². The Morgan fingerprint density at radius 2 is 2.24 bits per heavy atom. The molecule has 118 valence electrons. The summed E-state index contributed by atoms with van der Waals surface area (Å²) in [4.78, 5) is -0.486. The molecule has 9 heteroatoms. The Labute approximate surface area is 130 Å². The lowest BCUT2D eigenvalue weighted by Gasteiger charge is -2.36. The number of anilines is 1. The van der Waals surface area contributed by atoms with Gasteiger partial charge in [0.15, 0.2) is 5.82 Å². The fraction of sp³-hybridized carbons (Fsp3) is 0.500. The van der Waals surface area contributed by atoms with Gasteiger partial charge in [0.1, 0.15) is 4.90 Å². The Bertz CT molecular complexity index is 640. The van der Waals surface area contributed by atoms with Crippen molar-refractivity contribution < 1.29 is 22.7 Å². The highest BCUT2D eigenvalue weighted by molar-refractivity contribution is 9.10. The highest BCUT2D eigenvalue weighted by Crippen LogP contribution is 2.30. The molecular formula is C12H16BrFN2O4S. The van der Waals surface area contributed by atoms with Gasteiger partial charge in [0.2, 0.25) is 10.0 Å². The van der Waals surface area contributed by atoms with Gasteiger partial charge in [-0.05, 0) is 35.0 Å². The molecule has 21 heavy (non-hydrogen) atoms. The number of rotatable bonds is 3. The highest BCUT2D eigenvalue weighted by atomic mass is 79.9. The Morgan fingerprint density at radius 1 is 1.57 bits per heavy atom. The zero-order valence-corrected chi connectivity index (χ0v) is 13.7. The number of morpholine rings is 1. The van der Waals surface area contributed by atoms with Crippen LogP contribution < -0.4 is 5.73 Å². The number of nitrogens with two attached hydrogens (primary N) is 1. The van der Waals surface area contributed by atoms with Crippen molar-refractivity contribution in [2.45, 2.75) is 24.0 Å². The summed E-state index contributed by atoms with van der Waals surface area (Å²) in [5, 5.41) is 9.13. The molecule has 0 saturated carbocycles. The van der Waals surface area contributed by atoms with Crippen LogP contribution in [0.5, 0.6) is 0 Å². The smallest absolute Gasteiger partial charge is 0.246 e. The number of hydrogen-bond acceptors (Lipinski definition) is 5. The van der Waals surface area contributed by atoms with Gasteiger partial charge >= 0.3 is 0 Å². The number of benzene rings is 1. The van der Waals surface area contributed by atoms with Crippen LogP contribution in [0.25, 0.3) is 0 Å². The minimum atomic E-state index is -4.07. The van der Waals surface area contributed by atoms with E-state index in [9.17, 15) is 12.8 Å². The maximum absolute atomic E-state index is 14.1. The minimum Gasteiger partial charge on any atom is -0.399 e. The third-order valence-corrected chi connectivity index (χ3v) is 5.81. The van der Waals surface area contributed by atoms with Gasteiger partial charge in [-0.3, -0.25) is 0 Å². The molecule has 2 atom stereocenters. The number of nitrogen functional groups attached to an aromatic ring is 1. The number of aliphatic hydroxyl groups excluding tert-OH is 1. The lowest BCUT2D eigenvalue weighted by Crippen LogP contribution is -2.52. The molecule has 2 rings (SSSR count). The molecule has 6 nitrogen and oxygen atoms in total. The van der Waals surface area contributed by atoms with Gasteiger partial charge in [-0.2, -0.15) is 4.31 Å². The first-order valence-corrected chi connectivity index (χ1v) is 8.49. The first-order chi connectivity index (χ1) is 9.77. The normalized spacial score (nSPS) is 24.2. The molecular weight excluding hydrogens is 367 g/mol. The van der Waals surface area contributed by atoms with E-state index in [2.05, 4.69) is 15.9 Å². The van der Waals surface area contributed by atoms with Crippen LogP contribution in [-0.4, -0.2) is 49.7 Å². The van der Waals surface area contributed by atoms with Crippen LogP contribution in [-0.2, 0) is 14.8 Å². The highest BCUT2D eigenvalue weighted by Gasteiger charge is 2.37. The summed E-state index contributed by atoms with van der Waals surface area (Å²) < 4.78 is 45.9. The molecule has 0 spiro atoms. The van der Waals surface area contributed by atoms with Crippen LogP contribution in [0.15, 0.2) is 21.5 Å². The molecule has 2 unspecified atom stereocenters. The molecule has 1 fully saturated rings. The lowest BCUT2D eigenvalue weighted by molar-refractivity contribution is -0.0516. The van der Waals surface area contributed by atoms with Crippen LogP contribution in [0.4, 0.5) is 10.1 Å². The Morgan fingerprint density at radius 3 is 2.86 bits per heavy atom. The summed E-state index contributed by atoms with van der Waals surface area (Å²) in [6.45, 7) is 1.45. The first-order valence-electron chi connectivity index (χ1n) is 6.26. The molecule has 1 aromatic carbocycles. The van der Waals surface area contributed by atoms with E-state index in [4.69, 9.17) is 15.6 Å². The van der Waals surface area contributed by atoms with Crippen molar-refractivity contribution in [3.05, 3.63) is 22.4 Å². The number of aliphatic hydroxyl groups is 1. The number of ether oxygens (including phenoxy) is 1. The zero-order chi connectivity index (χ0) is 15.8. The summed E-state index contributed by atoms with van der Waals surface area (Å²) >= 11 is 2.95. The molecule has 0 aromatic heterocycles. The second-order valence-corrected chi connectivity index (χ2v) is 7.59. The zero-order valence-electron chi connectivity index (χ0n) is 11.3. The number of nitrogens with zero attached hydrogens (tertiary/aromatic N) is 1. The van der Waals surface area contributed by atoms with Crippen LogP contribution in [0.2, 0.25) is 0 Å². The van der Waals surface area contributed by atoms with Gasteiger partial charge in [0.25, 0.3) is 0 Å². The van der Waals surface area contributed by atoms with Crippen LogP contribution in [0.3, 0.4) is 0 Å². The molecule has 3 N–H and O–H groups in total. The number of sulfonamides is 1. The molecule has 1 heterocycles. The molecule has 0 bridgehead atoms. The fourth-order valence-electron chi connectivity index (χ4n) is 2.14. The van der Waals surface area contributed by atoms with Crippen LogP contribution in [0.1, 0.15) is 6.92 Å². The minimum absolute atomic E-state index is 0.0132. The third kappa shape index (κ3) is 3.21. The average Bonchev–Trinajstić information content (AvgIpc) is 2.43. The van der Waals surface area contributed by atoms with Crippen molar-refractivity contribution in [1.82, 2.24) is 4.31 Å². The van der Waals surface area contributed by atoms with Crippen molar-refractivity contribution in [1.29, 1.82) is 0 Å². The van der Waals surface area contributed by atoms with E-state index in [0.29, 0.717) is 0 Å². The number of hydrogen-bond donors (Lipinski definition) is 2. The summed E-state index contributed by atoms with van der Waals surface area (Å²) in [7, 11) is -4.07. The summed E-state index contributed by atoms with van der Waals surface area (Å²) in [6, 6.07) is 1.93. The van der Waals surface area contributed by atoms with Gasteiger partial charge in [-0.15, -0.1) is 0 Å². The van der Waals surface area contributed by atoms with Gasteiger partial charge in [-0.25, -0.2) is 12.8 Å². The van der Waals surface area contributed by atoms with Gasteiger partial charge in [0, 0.05) is 18.3 Å². The number of halogens is 2. The molecule has 1 aliphatic rings. The molecule has 0 radical (unpaired) electrons. The topological polar surface area (TPSA) is 92.9 Å². The Hall–Kier alpha value is -0.740. The van der Waals surface area contributed by atoms with Crippen molar-refractivity contribution in [2.24, 2.45) is 0 Å². The summed E-state index contributed by atoms with van der Waals surface area (Å²) in [6.07, 6.45) is -0.622. The molecule has 1 aliphatic heterocycles. The van der Waals surface area contributed by atoms with Crippen molar-refractivity contribution in [3.8, 4) is 0 Å². The SMILES string of the molecule is CC1COC(CO)CN1S(=O)(=O)c1cc(N)cc(Br)c1F. The van der Waals surface area contributed by atoms with E-state index in [1.54, 1.807) is 6.92 Å². The standard InChI is InChI=1S/C12H16BrFN2O4S/c1-7-6-20-9(5-17)4-16(7)21(18,19)11-3-8(15)2-10(13)12(11)14/h2-3,7,9,17H,4-6,15H2,1H3. The van der Waals surface area contributed by atoms with Crippen molar-refractivity contribution in [3.63, 3.8) is 0 Å². The third-order valence-electron chi connectivity index (χ3n) is 3.26. The second-order valence-electron chi connectivity index (χ2n) is 4.88. The fourth-order valence-corrected chi connectivity index (χ4v) is 4.52. The molecule has 1 saturated heterocycles.